The van der Waals surface area contributed by atoms with Gasteiger partial charge in [-0.2, -0.15) is 57.1 Å². The van der Waals surface area contributed by atoms with Crippen LogP contribution in [0, 0.1) is 0 Å². The van der Waals surface area contributed by atoms with Crippen LogP contribution >= 0.6 is 50.1 Å². The molecule has 0 fully saturated rings. The normalized spacial score (nSPS) is 20.5. The summed E-state index contributed by atoms with van der Waals surface area (Å²) in [5.41, 5.74) is 0. The fraction of sp³-hybridized carbons (Fsp3) is 1.00. The van der Waals surface area contributed by atoms with Gasteiger partial charge in [0.1, 0.15) is 0 Å². The van der Waals surface area contributed by atoms with E-state index < -0.39 is 66.1 Å². The van der Waals surface area contributed by atoms with E-state index in [9.17, 15) is 65.9 Å². The first-order valence-corrected chi connectivity index (χ1v) is 7.40. The third-order valence-electron chi connectivity index (χ3n) is 2.68. The zero-order valence-electron chi connectivity index (χ0n) is 10.8. The lowest BCUT2D eigenvalue weighted by Gasteiger charge is -2.43. The summed E-state index contributed by atoms with van der Waals surface area (Å²) in [6.45, 7) is 0. The van der Waals surface area contributed by atoms with Crippen molar-refractivity contribution in [3.8, 4) is 0 Å². The molecule has 2 unspecified atom stereocenters. The molecule has 0 saturated carbocycles. The molecule has 0 aromatic rings. The topological polar surface area (TPSA) is 0 Å². The van der Waals surface area contributed by atoms with E-state index in [1.54, 1.807) is 0 Å². The first kappa shape index (κ1) is 26.4. The Morgan fingerprint density at radius 1 is 0.538 bits per heavy atom. The molecule has 0 spiro atoms. The molecule has 18 heteroatoms. The van der Waals surface area contributed by atoms with Crippen LogP contribution < -0.4 is 0 Å². The van der Waals surface area contributed by atoms with Gasteiger partial charge in [0, 0.05) is 0 Å². The minimum Gasteiger partial charge on any atom is -0.217 e. The van der Waals surface area contributed by atoms with Crippen LogP contribution in [0.15, 0.2) is 0 Å². The van der Waals surface area contributed by atoms with Crippen molar-refractivity contribution in [2.45, 2.75) is 43.5 Å². The van der Waals surface area contributed by atoms with E-state index in [1.165, 1.54) is 0 Å². The molecule has 0 aliphatic rings. The zero-order valence-corrected chi connectivity index (χ0v) is 15.3. The monoisotopic (exact) mass is 622 g/mol. The summed E-state index contributed by atoms with van der Waals surface area (Å²) in [7, 11) is 0. The Balaban J connectivity index is 6.61. The highest BCUT2D eigenvalue weighted by molar-refractivity contribution is 14.1. The lowest BCUT2D eigenvalue weighted by atomic mass is 9.93. The molecule has 0 aliphatic heterocycles. The molecule has 0 aliphatic carbocycles. The average Bonchev–Trinajstić information content (AvgIpc) is 2.34. The highest BCUT2D eigenvalue weighted by atomic mass is 127. The third-order valence-corrected chi connectivity index (χ3v) is 5.80. The minimum absolute atomic E-state index is 0.788. The molecule has 0 saturated heterocycles. The van der Waals surface area contributed by atoms with Crippen LogP contribution in [0.2, 0.25) is 0 Å². The molecule has 0 amide bonds. The maximum absolute atomic E-state index is 13.4. The van der Waals surface area contributed by atoms with Gasteiger partial charge in [-0.05, 0) is 38.5 Å². The van der Waals surface area contributed by atoms with Gasteiger partial charge in [-0.25, -0.2) is 8.78 Å². The van der Waals surface area contributed by atoms with Crippen LogP contribution in [-0.4, -0.2) is 43.5 Å². The van der Waals surface area contributed by atoms with E-state index in [0.29, 0.717) is 0 Å². The van der Waals surface area contributed by atoms with Crippen molar-refractivity contribution < 1.29 is 65.9 Å². The first-order chi connectivity index (χ1) is 10.8. The van der Waals surface area contributed by atoms with E-state index in [4.69, 9.17) is 0 Å². The van der Waals surface area contributed by atoms with E-state index in [1.807, 2.05) is 0 Å². The predicted molar refractivity (Wildman–Crippen MR) is 67.3 cm³/mol. The number of halogens is 18. The Labute approximate surface area is 159 Å². The summed E-state index contributed by atoms with van der Waals surface area (Å²) in [4.78, 5) is -5.76. The number of alkyl halides is 18. The summed E-state index contributed by atoms with van der Waals surface area (Å²) in [6, 6.07) is 0. The molecule has 0 aromatic carbocycles. The van der Waals surface area contributed by atoms with Gasteiger partial charge in [0.2, 0.25) is 0 Å². The second-order valence-electron chi connectivity index (χ2n) is 4.44. The Kier molecular flexibility index (Phi) is 6.59. The van der Waals surface area contributed by atoms with Crippen molar-refractivity contribution in [1.82, 2.24) is 0 Å². The molecule has 2 atom stereocenters. The summed E-state index contributed by atoms with van der Waals surface area (Å²) in [5, 5.41) is -7.32. The molecular weight excluding hydrogens is 623 g/mol. The Hall–Kier alpha value is 0.450. The number of hydrogen-bond donors (Lipinski definition) is 0. The van der Waals surface area contributed by atoms with Crippen molar-refractivity contribution >= 4 is 50.1 Å². The standard InChI is InChI=1S/C8BrClF15I/c9-7(21,22)6(20,26)5(18,19)4(16,17)2(12,13)1(10,11)3(14,15)8(23,24)25. The van der Waals surface area contributed by atoms with Gasteiger partial charge in [-0.1, -0.05) is 11.6 Å². The molecule has 158 valence electrons. The van der Waals surface area contributed by atoms with E-state index in [0.717, 1.165) is 15.9 Å². The van der Waals surface area contributed by atoms with Crippen LogP contribution in [-0.2, 0) is 0 Å². The van der Waals surface area contributed by atoms with E-state index >= 15 is 0 Å². The van der Waals surface area contributed by atoms with Gasteiger partial charge in [0.05, 0.1) is 0 Å². The SMILES string of the molecule is FC(F)(F)C(F)(F)C(F)(Cl)C(F)(F)C(F)(F)C(F)(F)C(F)(I)C(F)(F)Br. The molecule has 0 rings (SSSR count). The largest absolute Gasteiger partial charge is 0.458 e. The highest BCUT2D eigenvalue weighted by Gasteiger charge is 2.93. The maximum Gasteiger partial charge on any atom is 0.458 e. The smallest absolute Gasteiger partial charge is 0.217 e. The van der Waals surface area contributed by atoms with Crippen LogP contribution in [0.3, 0.4) is 0 Å². The van der Waals surface area contributed by atoms with Crippen LogP contribution in [0.5, 0.6) is 0 Å². The van der Waals surface area contributed by atoms with Gasteiger partial charge in [-0.3, -0.25) is 0 Å². The van der Waals surface area contributed by atoms with Gasteiger partial charge in [-0.15, -0.1) is 0 Å². The fourth-order valence-corrected chi connectivity index (χ4v) is 1.96. The second kappa shape index (κ2) is 6.48. The minimum atomic E-state index is -7.91. The molecule has 0 nitrogen and oxygen atoms in total. The van der Waals surface area contributed by atoms with Crippen LogP contribution in [0.25, 0.3) is 0 Å². The molecule has 26 heavy (non-hydrogen) atoms. The lowest BCUT2D eigenvalue weighted by molar-refractivity contribution is -0.399. The lowest BCUT2D eigenvalue weighted by Crippen LogP contribution is -2.73. The zero-order chi connectivity index (χ0) is 22.0. The Morgan fingerprint density at radius 3 is 1.08 bits per heavy atom. The summed E-state index contributed by atoms with van der Waals surface area (Å²) >= 11 is 3.48. The first-order valence-electron chi connectivity index (χ1n) is 5.15. The third kappa shape index (κ3) is 3.34. The maximum atomic E-state index is 13.4. The van der Waals surface area contributed by atoms with Crippen LogP contribution in [0.1, 0.15) is 0 Å². The Bertz CT molecular complexity index is 485. The molecule has 0 N–H and O–H groups in total. The summed E-state index contributed by atoms with van der Waals surface area (Å²) in [5.74, 6) is -30.8. The number of hydrogen-bond acceptors (Lipinski definition) is 0. The van der Waals surface area contributed by atoms with Gasteiger partial charge in [0.15, 0.2) is 0 Å². The van der Waals surface area contributed by atoms with E-state index in [-0.39, 0.29) is 0 Å². The van der Waals surface area contributed by atoms with E-state index in [2.05, 4.69) is 11.6 Å². The fourth-order valence-electron chi connectivity index (χ4n) is 1.14. The van der Waals surface area contributed by atoms with Crippen molar-refractivity contribution in [1.29, 1.82) is 0 Å². The molecular formula is C8BrClF15I. The predicted octanol–water partition coefficient (Wildman–Crippen LogP) is 7.08. The molecule has 0 aromatic heterocycles. The second-order valence-corrected chi connectivity index (χ2v) is 7.45. The molecule has 0 heterocycles. The van der Waals surface area contributed by atoms with Gasteiger partial charge in [0.25, 0.3) is 0 Å². The van der Waals surface area contributed by atoms with Gasteiger partial charge >= 0.3 is 43.5 Å². The molecule has 0 bridgehead atoms. The van der Waals surface area contributed by atoms with Crippen molar-refractivity contribution in [2.75, 3.05) is 0 Å². The van der Waals surface area contributed by atoms with Crippen molar-refractivity contribution in [3.05, 3.63) is 0 Å². The van der Waals surface area contributed by atoms with Gasteiger partial charge < -0.3 is 0 Å². The Morgan fingerprint density at radius 2 is 0.846 bits per heavy atom. The highest BCUT2D eigenvalue weighted by Crippen LogP contribution is 2.66. The number of rotatable bonds is 6. The van der Waals surface area contributed by atoms with Crippen molar-refractivity contribution in [2.24, 2.45) is 0 Å². The molecule has 0 radical (unpaired) electrons. The quantitative estimate of drug-likeness (QED) is 0.169. The average molecular weight is 623 g/mol. The van der Waals surface area contributed by atoms with Crippen LogP contribution in [0.4, 0.5) is 65.9 Å². The van der Waals surface area contributed by atoms with Crippen molar-refractivity contribution in [3.63, 3.8) is 0 Å². The summed E-state index contributed by atoms with van der Waals surface area (Å²) in [6.07, 6.45) is -7.41. The summed E-state index contributed by atoms with van der Waals surface area (Å²) < 4.78 is 187.